The molecule has 7 heteroatoms. The Morgan fingerprint density at radius 3 is 2.63 bits per heavy atom. The first kappa shape index (κ1) is 18.7. The van der Waals surface area contributed by atoms with Gasteiger partial charge >= 0.3 is 5.97 Å². The highest BCUT2D eigenvalue weighted by Gasteiger charge is 2.37. The average Bonchev–Trinajstić information content (AvgIpc) is 3.46. The molecule has 2 N–H and O–H groups in total. The van der Waals surface area contributed by atoms with Crippen LogP contribution in [0.1, 0.15) is 54.7 Å². The Morgan fingerprint density at radius 1 is 1.23 bits per heavy atom. The summed E-state index contributed by atoms with van der Waals surface area (Å²) >= 11 is 0. The van der Waals surface area contributed by atoms with E-state index in [-0.39, 0.29) is 23.3 Å². The molecule has 30 heavy (non-hydrogen) atoms. The van der Waals surface area contributed by atoms with Gasteiger partial charge in [0.25, 0.3) is 0 Å². The summed E-state index contributed by atoms with van der Waals surface area (Å²) in [6, 6.07) is 8.48. The van der Waals surface area contributed by atoms with Crippen LogP contribution >= 0.6 is 0 Å². The van der Waals surface area contributed by atoms with Crippen LogP contribution in [-0.4, -0.2) is 30.5 Å². The van der Waals surface area contributed by atoms with Crippen LogP contribution in [-0.2, 0) is 6.54 Å². The lowest BCUT2D eigenvalue weighted by Crippen LogP contribution is -2.31. The van der Waals surface area contributed by atoms with Crippen LogP contribution < -0.4 is 5.43 Å². The van der Waals surface area contributed by atoms with Crippen molar-refractivity contribution in [2.24, 2.45) is 5.92 Å². The molecular formula is C23H23N3O4. The summed E-state index contributed by atoms with van der Waals surface area (Å²) in [7, 11) is 0. The second kappa shape index (κ2) is 6.58. The molecule has 3 heterocycles. The Morgan fingerprint density at radius 2 is 2.00 bits per heavy atom. The highest BCUT2D eigenvalue weighted by atomic mass is 16.4. The van der Waals surface area contributed by atoms with Crippen molar-refractivity contribution >= 4 is 5.97 Å². The number of aromatic carboxylic acids is 1. The third kappa shape index (κ3) is 2.84. The Bertz CT molecular complexity index is 1230. The molecule has 0 spiro atoms. The van der Waals surface area contributed by atoms with Gasteiger partial charge in [0.1, 0.15) is 11.3 Å². The second-order valence-corrected chi connectivity index (χ2v) is 8.58. The number of carboxylic acid groups (broad SMARTS) is 1. The lowest BCUT2D eigenvalue weighted by atomic mass is 9.95. The van der Waals surface area contributed by atoms with Gasteiger partial charge in [-0.2, -0.15) is 5.10 Å². The maximum atomic E-state index is 12.6. The fourth-order valence-electron chi connectivity index (χ4n) is 4.43. The molecule has 2 aliphatic rings. The zero-order valence-electron chi connectivity index (χ0n) is 16.9. The Hall–Kier alpha value is -3.35. The van der Waals surface area contributed by atoms with E-state index in [1.807, 2.05) is 15.3 Å². The van der Waals surface area contributed by atoms with E-state index in [9.17, 15) is 19.8 Å². The fourth-order valence-corrected chi connectivity index (χ4v) is 4.43. The minimum atomic E-state index is -1.22. The second-order valence-electron chi connectivity index (χ2n) is 8.58. The number of phenols is 1. The first-order chi connectivity index (χ1) is 14.3. The number of fused-ring (bicyclic) bond motifs is 3. The zero-order chi connectivity index (χ0) is 21.2. The summed E-state index contributed by atoms with van der Waals surface area (Å²) in [5.74, 6) is -0.456. The van der Waals surface area contributed by atoms with Crippen molar-refractivity contribution in [2.45, 2.75) is 45.2 Å². The van der Waals surface area contributed by atoms with E-state index in [0.717, 1.165) is 35.4 Å². The summed E-state index contributed by atoms with van der Waals surface area (Å²) in [4.78, 5) is 24.2. The third-order valence-electron chi connectivity index (χ3n) is 6.12. The van der Waals surface area contributed by atoms with Gasteiger partial charge in [-0.25, -0.2) is 4.79 Å². The Balaban J connectivity index is 1.83. The quantitative estimate of drug-likeness (QED) is 0.687. The molecule has 1 saturated carbocycles. The normalized spacial score (nSPS) is 17.6. The molecule has 1 atom stereocenters. The van der Waals surface area contributed by atoms with Gasteiger partial charge in [-0.05, 0) is 36.5 Å². The summed E-state index contributed by atoms with van der Waals surface area (Å²) in [6.45, 7) is 4.76. The van der Waals surface area contributed by atoms with Gasteiger partial charge in [-0.15, -0.1) is 0 Å². The van der Waals surface area contributed by atoms with E-state index in [4.69, 9.17) is 5.10 Å². The van der Waals surface area contributed by atoms with E-state index >= 15 is 0 Å². The van der Waals surface area contributed by atoms with E-state index in [2.05, 4.69) is 13.8 Å². The van der Waals surface area contributed by atoms with Gasteiger partial charge in [-0.1, -0.05) is 26.0 Å². The fraction of sp³-hybridized carbons (Fsp3) is 0.348. The van der Waals surface area contributed by atoms with Gasteiger partial charge in [0.05, 0.1) is 29.7 Å². The van der Waals surface area contributed by atoms with Gasteiger partial charge in [0.2, 0.25) is 0 Å². The summed E-state index contributed by atoms with van der Waals surface area (Å²) in [6.07, 6.45) is 3.62. The van der Waals surface area contributed by atoms with Crippen LogP contribution in [0.2, 0.25) is 0 Å². The SMILES string of the molecule is CC(C)[C@@H]1Cn2nc(C3CC3)c(-c3cccc(O)c3)c2-c2cc(=O)c(C(=O)O)cn21. The Kier molecular flexibility index (Phi) is 4.10. The summed E-state index contributed by atoms with van der Waals surface area (Å²) in [5, 5.41) is 24.5. The molecule has 0 saturated heterocycles. The van der Waals surface area contributed by atoms with Gasteiger partial charge in [0, 0.05) is 23.7 Å². The molecule has 0 bridgehead atoms. The lowest BCUT2D eigenvalue weighted by molar-refractivity contribution is 0.0694. The summed E-state index contributed by atoms with van der Waals surface area (Å²) < 4.78 is 3.89. The topological polar surface area (TPSA) is 97.3 Å². The number of benzene rings is 1. The van der Waals surface area contributed by atoms with Crippen molar-refractivity contribution in [1.29, 1.82) is 0 Å². The molecule has 5 rings (SSSR count). The molecule has 2 aromatic heterocycles. The van der Waals surface area contributed by atoms with Crippen LogP contribution in [0.3, 0.4) is 0 Å². The number of rotatable bonds is 4. The number of carbonyl (C=O) groups is 1. The largest absolute Gasteiger partial charge is 0.508 e. The molecule has 0 amide bonds. The zero-order valence-corrected chi connectivity index (χ0v) is 16.9. The lowest BCUT2D eigenvalue weighted by Gasteiger charge is -2.32. The highest BCUT2D eigenvalue weighted by Crippen LogP contribution is 2.49. The number of hydrogen-bond acceptors (Lipinski definition) is 4. The third-order valence-corrected chi connectivity index (χ3v) is 6.12. The standard InChI is InChI=1S/C23H23N3O4/c1-12(2)18-11-26-22(17-9-19(28)16(23(29)30)10-25(17)18)20(21(24-26)13-6-7-13)14-4-3-5-15(27)8-14/h3-5,8-10,12-13,18,27H,6-7,11H2,1-2H3,(H,29,30)/t18-/m0/s1. The van der Waals surface area contributed by atoms with E-state index < -0.39 is 11.4 Å². The molecular weight excluding hydrogens is 382 g/mol. The summed E-state index contributed by atoms with van der Waals surface area (Å²) in [5.41, 5.74) is 3.51. The van der Waals surface area contributed by atoms with Gasteiger partial charge in [0.15, 0.2) is 5.43 Å². The van der Waals surface area contributed by atoms with E-state index in [1.54, 1.807) is 18.2 Å². The number of aromatic hydroxyl groups is 1. The highest BCUT2D eigenvalue weighted by molar-refractivity contribution is 5.89. The average molecular weight is 405 g/mol. The van der Waals surface area contributed by atoms with Crippen LogP contribution in [0.4, 0.5) is 0 Å². The molecule has 1 aliphatic heterocycles. The minimum absolute atomic E-state index is 0.0184. The van der Waals surface area contributed by atoms with E-state index in [0.29, 0.717) is 18.2 Å². The molecule has 0 unspecified atom stereocenters. The van der Waals surface area contributed by atoms with Crippen molar-refractivity contribution in [3.8, 4) is 28.3 Å². The van der Waals surface area contributed by atoms with Crippen molar-refractivity contribution in [3.05, 3.63) is 58.0 Å². The predicted octanol–water partition coefficient (Wildman–Crippen LogP) is 3.87. The first-order valence-corrected chi connectivity index (χ1v) is 10.2. The molecule has 7 nitrogen and oxygen atoms in total. The van der Waals surface area contributed by atoms with Crippen LogP contribution in [0, 0.1) is 5.92 Å². The predicted molar refractivity (Wildman–Crippen MR) is 112 cm³/mol. The van der Waals surface area contributed by atoms with Crippen molar-refractivity contribution < 1.29 is 15.0 Å². The minimum Gasteiger partial charge on any atom is -0.508 e. The number of nitrogens with zero attached hydrogens (tertiary/aromatic N) is 3. The van der Waals surface area contributed by atoms with Crippen molar-refractivity contribution in [2.75, 3.05) is 0 Å². The first-order valence-electron chi connectivity index (χ1n) is 10.2. The molecule has 3 aromatic rings. The number of carboxylic acids is 1. The van der Waals surface area contributed by atoms with E-state index in [1.165, 1.54) is 12.3 Å². The van der Waals surface area contributed by atoms with Crippen molar-refractivity contribution in [1.82, 2.24) is 14.3 Å². The number of pyridine rings is 1. The van der Waals surface area contributed by atoms with Crippen molar-refractivity contribution in [3.63, 3.8) is 0 Å². The number of hydrogen-bond donors (Lipinski definition) is 2. The van der Waals surface area contributed by atoms with Crippen LogP contribution in [0.5, 0.6) is 5.75 Å². The molecule has 154 valence electrons. The van der Waals surface area contributed by atoms with Crippen LogP contribution in [0.15, 0.2) is 41.3 Å². The molecule has 1 aromatic carbocycles. The Labute approximate surface area is 173 Å². The number of phenolic OH excluding ortho intramolecular Hbond substituents is 1. The monoisotopic (exact) mass is 405 g/mol. The molecule has 1 fully saturated rings. The number of aromatic nitrogens is 3. The van der Waals surface area contributed by atoms with Gasteiger partial charge < -0.3 is 14.8 Å². The molecule has 0 radical (unpaired) electrons. The maximum Gasteiger partial charge on any atom is 0.341 e. The van der Waals surface area contributed by atoms with Gasteiger partial charge in [-0.3, -0.25) is 9.48 Å². The maximum absolute atomic E-state index is 12.6. The molecule has 1 aliphatic carbocycles. The smallest absolute Gasteiger partial charge is 0.341 e. The van der Waals surface area contributed by atoms with Crippen LogP contribution in [0.25, 0.3) is 22.5 Å².